The summed E-state index contributed by atoms with van der Waals surface area (Å²) in [5.41, 5.74) is 8.73. The lowest BCUT2D eigenvalue weighted by Crippen LogP contribution is -2.40. The zero-order valence-electron chi connectivity index (χ0n) is 11.7. The molecule has 1 heterocycles. The van der Waals surface area contributed by atoms with Gasteiger partial charge in [-0.25, -0.2) is 0 Å². The quantitative estimate of drug-likeness (QED) is 0.621. The minimum Gasteiger partial charge on any atom is -0.370 e. The van der Waals surface area contributed by atoms with Gasteiger partial charge in [0, 0.05) is 32.7 Å². The second kappa shape index (κ2) is 7.14. The maximum atomic E-state index is 5.77. The highest BCUT2D eigenvalue weighted by Gasteiger charge is 2.14. The zero-order valence-corrected chi connectivity index (χ0v) is 11.7. The minimum absolute atomic E-state index is 0.569. The fourth-order valence-corrected chi connectivity index (χ4v) is 2.38. The lowest BCUT2D eigenvalue weighted by Gasteiger charge is -2.28. The molecule has 1 aliphatic rings. The van der Waals surface area contributed by atoms with Crippen molar-refractivity contribution in [1.82, 2.24) is 10.2 Å². The molecule has 0 atom stereocenters. The summed E-state index contributed by atoms with van der Waals surface area (Å²) >= 11 is 0. The SMILES string of the molecule is CCCN=C(N)NCCN1CCc2ccccc2C1. The minimum atomic E-state index is 0.569. The van der Waals surface area contributed by atoms with Gasteiger partial charge >= 0.3 is 0 Å². The predicted octanol–water partition coefficient (Wildman–Crippen LogP) is 1.36. The van der Waals surface area contributed by atoms with Crippen molar-refractivity contribution in [3.05, 3.63) is 35.4 Å². The first-order chi connectivity index (χ1) is 9.29. The standard InChI is InChI=1S/C15H24N4/c1-2-8-17-15(16)18-9-11-19-10-7-13-5-3-4-6-14(13)12-19/h3-6H,2,7-12H2,1H3,(H3,16,17,18). The van der Waals surface area contributed by atoms with Gasteiger partial charge in [-0.05, 0) is 24.0 Å². The molecule has 0 saturated carbocycles. The fourth-order valence-electron chi connectivity index (χ4n) is 2.38. The van der Waals surface area contributed by atoms with Crippen molar-refractivity contribution >= 4 is 5.96 Å². The third-order valence-electron chi connectivity index (χ3n) is 3.45. The topological polar surface area (TPSA) is 53.6 Å². The first kappa shape index (κ1) is 13.9. The van der Waals surface area contributed by atoms with E-state index < -0.39 is 0 Å². The van der Waals surface area contributed by atoms with Crippen molar-refractivity contribution in [1.29, 1.82) is 0 Å². The van der Waals surface area contributed by atoms with Crippen LogP contribution in [0.2, 0.25) is 0 Å². The number of fused-ring (bicyclic) bond motifs is 1. The first-order valence-corrected chi connectivity index (χ1v) is 7.12. The Morgan fingerprint density at radius 3 is 2.95 bits per heavy atom. The molecule has 0 saturated heterocycles. The third kappa shape index (κ3) is 4.24. The zero-order chi connectivity index (χ0) is 13.5. The van der Waals surface area contributed by atoms with Crippen molar-refractivity contribution in [3.63, 3.8) is 0 Å². The van der Waals surface area contributed by atoms with E-state index in [4.69, 9.17) is 5.73 Å². The van der Waals surface area contributed by atoms with Crippen molar-refractivity contribution in [3.8, 4) is 0 Å². The smallest absolute Gasteiger partial charge is 0.188 e. The molecular weight excluding hydrogens is 236 g/mol. The van der Waals surface area contributed by atoms with Gasteiger partial charge in [0.15, 0.2) is 5.96 Å². The van der Waals surface area contributed by atoms with E-state index in [1.807, 2.05) is 0 Å². The molecular formula is C15H24N4. The summed E-state index contributed by atoms with van der Waals surface area (Å²) in [6.45, 7) is 6.95. The van der Waals surface area contributed by atoms with Gasteiger partial charge in [0.05, 0.1) is 0 Å². The summed E-state index contributed by atoms with van der Waals surface area (Å²) in [5, 5.41) is 3.17. The van der Waals surface area contributed by atoms with E-state index in [9.17, 15) is 0 Å². The Bertz CT molecular complexity index is 428. The monoisotopic (exact) mass is 260 g/mol. The van der Waals surface area contributed by atoms with Crippen LogP contribution in [0.15, 0.2) is 29.3 Å². The number of benzene rings is 1. The van der Waals surface area contributed by atoms with Crippen molar-refractivity contribution in [2.24, 2.45) is 10.7 Å². The van der Waals surface area contributed by atoms with E-state index in [1.54, 1.807) is 0 Å². The molecule has 1 aromatic rings. The molecule has 0 aliphatic carbocycles. The Labute approximate surface area is 115 Å². The molecule has 0 amide bonds. The fraction of sp³-hybridized carbons (Fsp3) is 0.533. The van der Waals surface area contributed by atoms with Crippen LogP contribution in [0.25, 0.3) is 0 Å². The van der Waals surface area contributed by atoms with Gasteiger partial charge in [-0.15, -0.1) is 0 Å². The summed E-state index contributed by atoms with van der Waals surface area (Å²) in [4.78, 5) is 6.69. The van der Waals surface area contributed by atoms with Crippen LogP contribution in [0, 0.1) is 0 Å². The highest BCUT2D eigenvalue weighted by Crippen LogP contribution is 2.17. The number of guanidine groups is 1. The van der Waals surface area contributed by atoms with Gasteiger partial charge in [-0.2, -0.15) is 0 Å². The van der Waals surface area contributed by atoms with Gasteiger partial charge in [-0.1, -0.05) is 31.2 Å². The van der Waals surface area contributed by atoms with E-state index in [-0.39, 0.29) is 0 Å². The summed E-state index contributed by atoms with van der Waals surface area (Å²) in [5.74, 6) is 0.569. The molecule has 0 unspecified atom stereocenters. The highest BCUT2D eigenvalue weighted by atomic mass is 15.2. The Kier molecular flexibility index (Phi) is 5.21. The molecule has 3 N–H and O–H groups in total. The van der Waals surface area contributed by atoms with Crippen LogP contribution in [0.1, 0.15) is 24.5 Å². The molecule has 1 aliphatic heterocycles. The van der Waals surface area contributed by atoms with E-state index in [0.29, 0.717) is 5.96 Å². The Morgan fingerprint density at radius 2 is 2.16 bits per heavy atom. The Hall–Kier alpha value is -1.55. The van der Waals surface area contributed by atoms with Gasteiger partial charge in [0.25, 0.3) is 0 Å². The second-order valence-electron chi connectivity index (χ2n) is 4.99. The molecule has 0 radical (unpaired) electrons. The van der Waals surface area contributed by atoms with Gasteiger partial charge in [0.2, 0.25) is 0 Å². The number of hydrogen-bond acceptors (Lipinski definition) is 2. The van der Waals surface area contributed by atoms with Gasteiger partial charge in [0.1, 0.15) is 0 Å². The number of nitrogens with two attached hydrogens (primary N) is 1. The van der Waals surface area contributed by atoms with Crippen molar-refractivity contribution < 1.29 is 0 Å². The third-order valence-corrected chi connectivity index (χ3v) is 3.45. The van der Waals surface area contributed by atoms with E-state index >= 15 is 0 Å². The number of hydrogen-bond donors (Lipinski definition) is 2. The molecule has 104 valence electrons. The van der Waals surface area contributed by atoms with Crippen molar-refractivity contribution in [2.45, 2.75) is 26.3 Å². The predicted molar refractivity (Wildman–Crippen MR) is 80.2 cm³/mol. The number of nitrogens with one attached hydrogen (secondary N) is 1. The average Bonchev–Trinajstić information content (AvgIpc) is 2.45. The molecule has 2 rings (SSSR count). The highest BCUT2D eigenvalue weighted by molar-refractivity contribution is 5.77. The van der Waals surface area contributed by atoms with Crippen LogP contribution in [0.5, 0.6) is 0 Å². The maximum absolute atomic E-state index is 5.77. The second-order valence-corrected chi connectivity index (χ2v) is 4.99. The van der Waals surface area contributed by atoms with Crippen LogP contribution >= 0.6 is 0 Å². The molecule has 4 nitrogen and oxygen atoms in total. The lowest BCUT2D eigenvalue weighted by atomic mass is 10.00. The van der Waals surface area contributed by atoms with Crippen LogP contribution in [-0.2, 0) is 13.0 Å². The summed E-state index contributed by atoms with van der Waals surface area (Å²) < 4.78 is 0. The normalized spacial score (nSPS) is 16.2. The molecule has 1 aromatic carbocycles. The largest absolute Gasteiger partial charge is 0.370 e. The van der Waals surface area contributed by atoms with E-state index in [2.05, 4.69) is 46.4 Å². The van der Waals surface area contributed by atoms with Crippen LogP contribution in [0.4, 0.5) is 0 Å². The Balaban J connectivity index is 1.74. The summed E-state index contributed by atoms with van der Waals surface area (Å²) in [7, 11) is 0. The first-order valence-electron chi connectivity index (χ1n) is 7.12. The van der Waals surface area contributed by atoms with E-state index in [0.717, 1.165) is 45.6 Å². The Morgan fingerprint density at radius 1 is 1.37 bits per heavy atom. The van der Waals surface area contributed by atoms with Gasteiger partial charge < -0.3 is 11.1 Å². The number of nitrogens with zero attached hydrogens (tertiary/aromatic N) is 2. The van der Waals surface area contributed by atoms with Gasteiger partial charge in [-0.3, -0.25) is 9.89 Å². The van der Waals surface area contributed by atoms with E-state index in [1.165, 1.54) is 11.1 Å². The number of aliphatic imine (C=N–C) groups is 1. The lowest BCUT2D eigenvalue weighted by molar-refractivity contribution is 0.258. The van der Waals surface area contributed by atoms with Crippen LogP contribution in [0.3, 0.4) is 0 Å². The van der Waals surface area contributed by atoms with Crippen molar-refractivity contribution in [2.75, 3.05) is 26.2 Å². The molecule has 0 spiro atoms. The summed E-state index contributed by atoms with van der Waals surface area (Å²) in [6, 6.07) is 8.71. The molecule has 0 bridgehead atoms. The molecule has 4 heteroatoms. The summed E-state index contributed by atoms with van der Waals surface area (Å²) in [6.07, 6.45) is 2.18. The van der Waals surface area contributed by atoms with Crippen LogP contribution in [-0.4, -0.2) is 37.0 Å². The average molecular weight is 260 g/mol. The maximum Gasteiger partial charge on any atom is 0.188 e. The molecule has 0 fully saturated rings. The molecule has 0 aromatic heterocycles. The molecule has 19 heavy (non-hydrogen) atoms. The number of rotatable bonds is 5. The van der Waals surface area contributed by atoms with Crippen LogP contribution < -0.4 is 11.1 Å².